The van der Waals surface area contributed by atoms with Gasteiger partial charge in [-0.05, 0) is 110 Å². The Morgan fingerprint density at radius 3 is 1.56 bits per heavy atom. The number of halogens is 6. The van der Waals surface area contributed by atoms with Crippen LogP contribution in [0.1, 0.15) is 106 Å². The minimum absolute atomic E-state index is 0.0869. The summed E-state index contributed by atoms with van der Waals surface area (Å²) in [5, 5.41) is 18.3. The summed E-state index contributed by atoms with van der Waals surface area (Å²) in [6.07, 6.45) is -8.93. The molecule has 13 heteroatoms. The van der Waals surface area contributed by atoms with E-state index in [1.165, 1.54) is 0 Å². The van der Waals surface area contributed by atoms with E-state index in [0.29, 0.717) is 38.5 Å². The van der Waals surface area contributed by atoms with Crippen LogP contribution in [0.2, 0.25) is 0 Å². The van der Waals surface area contributed by atoms with Crippen molar-refractivity contribution in [2.24, 2.45) is 34.5 Å². The maximum Gasteiger partial charge on any atom is 0.426 e. The highest BCUT2D eigenvalue weighted by Gasteiger charge is 2.71. The molecule has 0 aromatic rings. The summed E-state index contributed by atoms with van der Waals surface area (Å²) in [6.45, 7) is 11.0. The fourth-order valence-electron chi connectivity index (χ4n) is 5.83. The lowest BCUT2D eigenvalue weighted by Crippen LogP contribution is -2.58. The molecular weight excluding hydrogens is 586 g/mol. The molecule has 4 atom stereocenters. The Morgan fingerprint density at radius 2 is 1.19 bits per heavy atom. The molecule has 3 aliphatic carbocycles. The summed E-state index contributed by atoms with van der Waals surface area (Å²) < 4.78 is 88.2. The summed E-state index contributed by atoms with van der Waals surface area (Å²) >= 11 is 0. The predicted octanol–water partition coefficient (Wildman–Crippen LogP) is 7.24. The number of carbonyl (C=O) groups excluding carboxylic acids is 2. The molecule has 0 spiro atoms. The van der Waals surface area contributed by atoms with Crippen LogP contribution in [0, 0.1) is 34.5 Å². The van der Waals surface area contributed by atoms with Crippen LogP contribution in [-0.4, -0.2) is 58.3 Å². The summed E-state index contributed by atoms with van der Waals surface area (Å²) in [5.41, 5.74) is -5.83. The van der Waals surface area contributed by atoms with Gasteiger partial charge in [-0.2, -0.15) is 26.3 Å². The Labute approximate surface area is 249 Å². The average molecular weight is 633 g/mol. The first-order valence-electron chi connectivity index (χ1n) is 15.0. The van der Waals surface area contributed by atoms with E-state index < -0.39 is 65.1 Å². The molecule has 0 amide bonds. The van der Waals surface area contributed by atoms with Crippen LogP contribution < -0.4 is 0 Å². The number of carbonyl (C=O) groups is 3. The summed E-state index contributed by atoms with van der Waals surface area (Å²) in [5.74, 6) is -3.14. The second-order valence-corrected chi connectivity index (χ2v) is 13.7. The Bertz CT molecular complexity index is 968. The molecular formula is C30H46F6O7. The molecule has 0 heterocycles. The van der Waals surface area contributed by atoms with Crippen LogP contribution in [0.25, 0.3) is 0 Å². The molecule has 250 valence electrons. The number of ether oxygens (including phenoxy) is 2. The van der Waals surface area contributed by atoms with Gasteiger partial charge in [0, 0.05) is 0 Å². The van der Waals surface area contributed by atoms with E-state index in [-0.39, 0.29) is 36.8 Å². The van der Waals surface area contributed by atoms with Crippen LogP contribution in [0.3, 0.4) is 0 Å². The van der Waals surface area contributed by atoms with E-state index in [2.05, 4.69) is 0 Å². The highest BCUT2D eigenvalue weighted by Crippen LogP contribution is 2.56. The Kier molecular flexibility index (Phi) is 11.7. The molecule has 3 rings (SSSR count). The smallest absolute Gasteiger partial charge is 0.426 e. The van der Waals surface area contributed by atoms with Gasteiger partial charge in [-0.1, -0.05) is 13.8 Å². The molecule has 7 nitrogen and oxygen atoms in total. The van der Waals surface area contributed by atoms with Crippen LogP contribution in [-0.2, 0) is 23.9 Å². The highest BCUT2D eigenvalue weighted by molar-refractivity contribution is 5.76. The van der Waals surface area contributed by atoms with E-state index in [1.807, 2.05) is 27.7 Å². The van der Waals surface area contributed by atoms with Gasteiger partial charge in [-0.15, -0.1) is 0 Å². The number of aliphatic carboxylic acids is 1. The van der Waals surface area contributed by atoms with Gasteiger partial charge in [0.2, 0.25) is 0 Å². The minimum atomic E-state index is -5.79. The van der Waals surface area contributed by atoms with Gasteiger partial charge in [0.1, 0.15) is 12.2 Å². The molecule has 0 aromatic carbocycles. The topological polar surface area (TPSA) is 110 Å². The molecule has 0 aromatic heterocycles. The van der Waals surface area contributed by atoms with E-state index in [9.17, 15) is 45.8 Å². The van der Waals surface area contributed by atoms with Crippen LogP contribution in [0.15, 0.2) is 0 Å². The third-order valence-corrected chi connectivity index (χ3v) is 9.86. The van der Waals surface area contributed by atoms with Crippen molar-refractivity contribution >= 4 is 17.9 Å². The lowest BCUT2D eigenvalue weighted by molar-refractivity contribution is -0.373. The molecule has 3 fully saturated rings. The standard InChI is InChI=1S/C17H24F6O3.C13H22O4/c1-4-14(2,3)13(24)26-12-7-9-5-10(12)6-11(9)8-15(25,16(18,19)20)17(21,22)23;1-4-13(2,3)12(16)17-10-7-5-9(6-8-10)11(14)15/h9-12,25H,4-8H2,1-3H3;9-10H,4-8H2,1-3H3,(H,14,15). The number of aliphatic hydroxyl groups is 1. The van der Waals surface area contributed by atoms with Gasteiger partial charge >= 0.3 is 30.3 Å². The highest BCUT2D eigenvalue weighted by atomic mass is 19.4. The molecule has 43 heavy (non-hydrogen) atoms. The number of fused-ring (bicyclic) bond motifs is 2. The maximum absolute atomic E-state index is 12.9. The predicted molar refractivity (Wildman–Crippen MR) is 143 cm³/mol. The van der Waals surface area contributed by atoms with E-state index >= 15 is 0 Å². The zero-order valence-corrected chi connectivity index (χ0v) is 25.7. The molecule has 0 saturated heterocycles. The number of alkyl halides is 6. The SMILES string of the molecule is CCC(C)(C)C(=O)OC1CC2CC1CC2CC(O)(C(F)(F)F)C(F)(F)F.CCC(C)(C)C(=O)OC1CCC(C(=O)O)CC1. The van der Waals surface area contributed by atoms with Crippen molar-refractivity contribution < 1.29 is 60.4 Å². The second kappa shape index (κ2) is 13.5. The number of hydrogen-bond acceptors (Lipinski definition) is 6. The lowest BCUT2D eigenvalue weighted by atomic mass is 9.78. The molecule has 0 aliphatic heterocycles. The zero-order chi connectivity index (χ0) is 33.2. The Morgan fingerprint density at radius 1 is 0.721 bits per heavy atom. The fourth-order valence-corrected chi connectivity index (χ4v) is 5.83. The number of carboxylic acids is 1. The van der Waals surface area contributed by atoms with Gasteiger partial charge in [-0.25, -0.2) is 0 Å². The van der Waals surface area contributed by atoms with Gasteiger partial charge < -0.3 is 19.7 Å². The first-order valence-corrected chi connectivity index (χ1v) is 15.0. The Balaban J connectivity index is 0.000000329. The van der Waals surface area contributed by atoms with E-state index in [0.717, 1.165) is 6.42 Å². The lowest BCUT2D eigenvalue weighted by Gasteiger charge is -2.37. The fraction of sp³-hybridized carbons (Fsp3) is 0.900. The molecule has 3 saturated carbocycles. The van der Waals surface area contributed by atoms with Crippen molar-refractivity contribution in [1.29, 1.82) is 0 Å². The van der Waals surface area contributed by atoms with Crippen LogP contribution in [0.5, 0.6) is 0 Å². The molecule has 2 N–H and O–H groups in total. The largest absolute Gasteiger partial charge is 0.481 e. The van der Waals surface area contributed by atoms with Crippen molar-refractivity contribution in [1.82, 2.24) is 0 Å². The van der Waals surface area contributed by atoms with Crippen molar-refractivity contribution in [3.8, 4) is 0 Å². The van der Waals surface area contributed by atoms with Crippen molar-refractivity contribution in [2.75, 3.05) is 0 Å². The third-order valence-electron chi connectivity index (χ3n) is 9.86. The quantitative estimate of drug-likeness (QED) is 0.204. The molecule has 2 bridgehead atoms. The average Bonchev–Trinajstić information content (AvgIpc) is 3.48. The summed E-state index contributed by atoms with van der Waals surface area (Å²) in [4.78, 5) is 34.8. The summed E-state index contributed by atoms with van der Waals surface area (Å²) in [6, 6.07) is 0. The van der Waals surface area contributed by atoms with Crippen molar-refractivity contribution in [2.45, 2.75) is 136 Å². The number of carboxylic acid groups (broad SMARTS) is 1. The zero-order valence-electron chi connectivity index (χ0n) is 25.7. The maximum atomic E-state index is 12.9. The number of rotatable bonds is 9. The number of hydrogen-bond donors (Lipinski definition) is 2. The van der Waals surface area contributed by atoms with Crippen molar-refractivity contribution in [3.05, 3.63) is 0 Å². The molecule has 4 unspecified atom stereocenters. The van der Waals surface area contributed by atoms with Crippen molar-refractivity contribution in [3.63, 3.8) is 0 Å². The minimum Gasteiger partial charge on any atom is -0.481 e. The Hall–Kier alpha value is -2.05. The normalized spacial score (nSPS) is 28.1. The molecule has 0 radical (unpaired) electrons. The van der Waals surface area contributed by atoms with Crippen LogP contribution in [0.4, 0.5) is 26.3 Å². The molecule has 3 aliphatic rings. The second-order valence-electron chi connectivity index (χ2n) is 13.7. The summed E-state index contributed by atoms with van der Waals surface area (Å²) in [7, 11) is 0. The van der Waals surface area contributed by atoms with Crippen LogP contribution >= 0.6 is 0 Å². The third kappa shape index (κ3) is 8.78. The number of esters is 2. The van der Waals surface area contributed by atoms with E-state index in [4.69, 9.17) is 14.6 Å². The van der Waals surface area contributed by atoms with Gasteiger partial charge in [-0.3, -0.25) is 14.4 Å². The van der Waals surface area contributed by atoms with E-state index in [1.54, 1.807) is 13.8 Å². The first kappa shape index (κ1) is 37.1. The van der Waals surface area contributed by atoms with Gasteiger partial charge in [0.15, 0.2) is 0 Å². The van der Waals surface area contributed by atoms with Gasteiger partial charge in [0.05, 0.1) is 16.7 Å². The first-order chi connectivity index (χ1) is 19.5. The van der Waals surface area contributed by atoms with Gasteiger partial charge in [0.25, 0.3) is 5.60 Å². The monoisotopic (exact) mass is 632 g/mol.